The Hall–Kier alpha value is -1.21. The molecule has 2 rings (SSSR count). The van der Waals surface area contributed by atoms with E-state index in [4.69, 9.17) is 0 Å². The topological polar surface area (TPSA) is 41.6 Å². The number of alkyl halides is 2. The third-order valence-electron chi connectivity index (χ3n) is 2.97. The zero-order valence-corrected chi connectivity index (χ0v) is 11.6. The van der Waals surface area contributed by atoms with Gasteiger partial charge in [0.25, 0.3) is 5.91 Å². The second-order valence-electron chi connectivity index (χ2n) is 4.65. The number of likely N-dealkylation sites (N-methyl/N-ethyl adjacent to an activating group) is 1. The van der Waals surface area contributed by atoms with Crippen molar-refractivity contribution in [2.45, 2.75) is 26.0 Å². The molecule has 1 aliphatic heterocycles. The minimum Gasteiger partial charge on any atom is -0.433 e. The summed E-state index contributed by atoms with van der Waals surface area (Å²) in [4.78, 5) is 15.2. The summed E-state index contributed by atoms with van der Waals surface area (Å²) in [5, 5.41) is 2.86. The Balaban J connectivity index is 2.05. The molecule has 19 heavy (non-hydrogen) atoms. The SMILES string of the molecule is Cc1cc(OC(F)F)c(C(=O)N[C@@H]2CCN(C)C2)s1. The van der Waals surface area contributed by atoms with Crippen LogP contribution in [0.3, 0.4) is 0 Å². The first-order valence-electron chi connectivity index (χ1n) is 6.00. The molecule has 1 aromatic heterocycles. The first kappa shape index (κ1) is 14.2. The van der Waals surface area contributed by atoms with Crippen molar-refractivity contribution >= 4 is 17.2 Å². The molecule has 2 heterocycles. The standard InChI is InChI=1S/C12H16F2N2O2S/c1-7-5-9(18-12(13)14)10(19-7)11(17)15-8-3-4-16(2)6-8/h5,8,12H,3-4,6H2,1-2H3,(H,15,17)/t8-/m1/s1. The molecule has 1 aromatic rings. The molecule has 1 atom stereocenters. The van der Waals surface area contributed by atoms with E-state index in [-0.39, 0.29) is 22.6 Å². The highest BCUT2D eigenvalue weighted by molar-refractivity contribution is 7.14. The molecule has 0 aliphatic carbocycles. The van der Waals surface area contributed by atoms with Gasteiger partial charge in [-0.15, -0.1) is 11.3 Å². The number of nitrogens with one attached hydrogen (secondary N) is 1. The van der Waals surface area contributed by atoms with Gasteiger partial charge in [0, 0.05) is 17.5 Å². The van der Waals surface area contributed by atoms with Gasteiger partial charge in [0.05, 0.1) is 0 Å². The molecule has 0 bridgehead atoms. The van der Waals surface area contributed by atoms with Crippen LogP contribution in [0.15, 0.2) is 6.07 Å². The Bertz CT molecular complexity index is 465. The Morgan fingerprint density at radius 1 is 1.63 bits per heavy atom. The second-order valence-corrected chi connectivity index (χ2v) is 5.91. The van der Waals surface area contributed by atoms with Crippen molar-refractivity contribution in [3.8, 4) is 5.75 Å². The van der Waals surface area contributed by atoms with E-state index in [2.05, 4.69) is 15.0 Å². The summed E-state index contributed by atoms with van der Waals surface area (Å²) in [6.07, 6.45) is 0.873. The van der Waals surface area contributed by atoms with E-state index < -0.39 is 6.61 Å². The molecule has 1 fully saturated rings. The first-order valence-corrected chi connectivity index (χ1v) is 6.82. The third-order valence-corrected chi connectivity index (χ3v) is 4.00. The predicted octanol–water partition coefficient (Wildman–Crippen LogP) is 2.09. The Morgan fingerprint density at radius 3 is 2.95 bits per heavy atom. The van der Waals surface area contributed by atoms with Crippen molar-refractivity contribution in [2.24, 2.45) is 0 Å². The molecule has 106 valence electrons. The van der Waals surface area contributed by atoms with Gasteiger partial charge in [-0.3, -0.25) is 4.79 Å². The van der Waals surface area contributed by atoms with Gasteiger partial charge < -0.3 is 15.0 Å². The van der Waals surface area contributed by atoms with Gasteiger partial charge in [0.2, 0.25) is 0 Å². The highest BCUT2D eigenvalue weighted by Gasteiger charge is 2.25. The summed E-state index contributed by atoms with van der Waals surface area (Å²) < 4.78 is 28.9. The number of ether oxygens (including phenoxy) is 1. The second kappa shape index (κ2) is 5.83. The first-order chi connectivity index (χ1) is 8.95. The fourth-order valence-corrected chi connectivity index (χ4v) is 2.98. The predicted molar refractivity (Wildman–Crippen MR) is 69.1 cm³/mol. The molecule has 4 nitrogen and oxygen atoms in total. The Labute approximate surface area is 114 Å². The van der Waals surface area contributed by atoms with Crippen LogP contribution in [0.25, 0.3) is 0 Å². The van der Waals surface area contributed by atoms with Crippen molar-refractivity contribution in [1.29, 1.82) is 0 Å². The van der Waals surface area contributed by atoms with Crippen LogP contribution in [0.5, 0.6) is 5.75 Å². The molecule has 1 aliphatic rings. The van der Waals surface area contributed by atoms with Gasteiger partial charge in [-0.05, 0) is 33.0 Å². The molecule has 0 radical (unpaired) electrons. The summed E-state index contributed by atoms with van der Waals surface area (Å²) >= 11 is 1.16. The number of aryl methyl sites for hydroxylation is 1. The Morgan fingerprint density at radius 2 is 2.37 bits per heavy atom. The number of carbonyl (C=O) groups is 1. The van der Waals surface area contributed by atoms with Gasteiger partial charge in [-0.25, -0.2) is 0 Å². The molecular formula is C12H16F2N2O2S. The van der Waals surface area contributed by atoms with Crippen molar-refractivity contribution in [3.63, 3.8) is 0 Å². The van der Waals surface area contributed by atoms with Gasteiger partial charge in [-0.2, -0.15) is 8.78 Å². The number of nitrogens with zero attached hydrogens (tertiary/aromatic N) is 1. The average Bonchev–Trinajstić information content (AvgIpc) is 2.84. The number of halogens is 2. The van der Waals surface area contributed by atoms with Crippen LogP contribution >= 0.6 is 11.3 Å². The summed E-state index contributed by atoms with van der Waals surface area (Å²) in [6.45, 7) is 0.539. The lowest BCUT2D eigenvalue weighted by molar-refractivity contribution is -0.0498. The van der Waals surface area contributed by atoms with E-state index in [9.17, 15) is 13.6 Å². The van der Waals surface area contributed by atoms with Gasteiger partial charge in [-0.1, -0.05) is 0 Å². The van der Waals surface area contributed by atoms with Crippen molar-refractivity contribution in [3.05, 3.63) is 15.8 Å². The van der Waals surface area contributed by atoms with Crippen LogP contribution in [0.1, 0.15) is 21.0 Å². The van der Waals surface area contributed by atoms with E-state index in [1.165, 1.54) is 6.07 Å². The smallest absolute Gasteiger partial charge is 0.387 e. The minimum atomic E-state index is -2.92. The van der Waals surface area contributed by atoms with Crippen LogP contribution < -0.4 is 10.1 Å². The molecule has 1 saturated heterocycles. The molecule has 0 spiro atoms. The summed E-state index contributed by atoms with van der Waals surface area (Å²) in [5.74, 6) is -0.379. The average molecular weight is 290 g/mol. The molecule has 0 saturated carbocycles. The fraction of sp³-hybridized carbons (Fsp3) is 0.583. The van der Waals surface area contributed by atoms with Crippen LogP contribution in [-0.2, 0) is 0 Å². The molecule has 1 amide bonds. The monoisotopic (exact) mass is 290 g/mol. The number of hydrogen-bond donors (Lipinski definition) is 1. The number of carbonyl (C=O) groups excluding carboxylic acids is 1. The van der Waals surface area contributed by atoms with Gasteiger partial charge in [0.15, 0.2) is 0 Å². The van der Waals surface area contributed by atoms with E-state index in [1.54, 1.807) is 6.92 Å². The highest BCUT2D eigenvalue weighted by Crippen LogP contribution is 2.30. The van der Waals surface area contributed by atoms with E-state index >= 15 is 0 Å². The van der Waals surface area contributed by atoms with Crippen LogP contribution in [0.4, 0.5) is 8.78 Å². The maximum absolute atomic E-state index is 12.3. The lowest BCUT2D eigenvalue weighted by Crippen LogP contribution is -2.36. The number of hydrogen-bond acceptors (Lipinski definition) is 4. The number of likely N-dealkylation sites (tertiary alicyclic amines) is 1. The molecular weight excluding hydrogens is 274 g/mol. The van der Waals surface area contributed by atoms with Crippen LogP contribution in [0.2, 0.25) is 0 Å². The fourth-order valence-electron chi connectivity index (χ4n) is 2.14. The molecule has 0 unspecified atom stereocenters. The third kappa shape index (κ3) is 3.63. The van der Waals surface area contributed by atoms with Gasteiger partial charge in [0.1, 0.15) is 10.6 Å². The summed E-state index contributed by atoms with van der Waals surface area (Å²) in [5.41, 5.74) is 0. The molecule has 7 heteroatoms. The van der Waals surface area contributed by atoms with Crippen molar-refractivity contribution in [2.75, 3.05) is 20.1 Å². The van der Waals surface area contributed by atoms with Crippen molar-refractivity contribution in [1.82, 2.24) is 10.2 Å². The minimum absolute atomic E-state index is 0.0404. The zero-order valence-electron chi connectivity index (χ0n) is 10.8. The number of amides is 1. The quantitative estimate of drug-likeness (QED) is 0.923. The largest absolute Gasteiger partial charge is 0.433 e. The lowest BCUT2D eigenvalue weighted by Gasteiger charge is -2.13. The molecule has 0 aromatic carbocycles. The lowest BCUT2D eigenvalue weighted by atomic mass is 10.2. The Kier molecular flexibility index (Phi) is 4.36. The van der Waals surface area contributed by atoms with Crippen molar-refractivity contribution < 1.29 is 18.3 Å². The number of rotatable bonds is 4. The summed E-state index contributed by atoms with van der Waals surface area (Å²) in [7, 11) is 1.98. The highest BCUT2D eigenvalue weighted by atomic mass is 32.1. The van der Waals surface area contributed by atoms with E-state index in [0.29, 0.717) is 0 Å². The number of thiophene rings is 1. The zero-order chi connectivity index (χ0) is 14.0. The van der Waals surface area contributed by atoms with Crippen LogP contribution in [0, 0.1) is 6.92 Å². The maximum atomic E-state index is 12.3. The molecule has 1 N–H and O–H groups in total. The maximum Gasteiger partial charge on any atom is 0.387 e. The van der Waals surface area contributed by atoms with E-state index in [0.717, 1.165) is 35.7 Å². The van der Waals surface area contributed by atoms with E-state index in [1.807, 2.05) is 7.05 Å². The normalized spacial score (nSPS) is 19.9. The van der Waals surface area contributed by atoms with Crippen LogP contribution in [-0.4, -0.2) is 43.6 Å². The summed E-state index contributed by atoms with van der Waals surface area (Å²) in [6, 6.07) is 1.53. The van der Waals surface area contributed by atoms with Gasteiger partial charge >= 0.3 is 6.61 Å².